The average Bonchev–Trinajstić information content (AvgIpc) is 2.03. The molecule has 14 heavy (non-hydrogen) atoms. The SMILES string of the molecule is O=Cc1ccc(Cl)cc1S(=O)(=O)O.[H-].[Na+]. The van der Waals surface area contributed by atoms with E-state index in [1.54, 1.807) is 0 Å². The van der Waals surface area contributed by atoms with Crippen molar-refractivity contribution in [3.63, 3.8) is 0 Å². The van der Waals surface area contributed by atoms with Crippen molar-refractivity contribution in [2.75, 3.05) is 0 Å². The van der Waals surface area contributed by atoms with Gasteiger partial charge in [-0.2, -0.15) is 8.42 Å². The normalized spacial score (nSPS) is 10.4. The maximum Gasteiger partial charge on any atom is 1.00 e. The Morgan fingerprint density at radius 3 is 2.43 bits per heavy atom. The molecule has 1 aromatic carbocycles. The molecule has 4 nitrogen and oxygen atoms in total. The Kier molecular flexibility index (Phi) is 5.28. The smallest absolute Gasteiger partial charge is 1.00 e. The van der Waals surface area contributed by atoms with Gasteiger partial charge in [0.1, 0.15) is 4.90 Å². The zero-order valence-electron chi connectivity index (χ0n) is 8.27. The first-order valence-electron chi connectivity index (χ1n) is 3.17. The molecule has 1 aromatic rings. The molecule has 0 heterocycles. The number of rotatable bonds is 2. The van der Waals surface area contributed by atoms with Crippen LogP contribution >= 0.6 is 11.6 Å². The van der Waals surface area contributed by atoms with E-state index in [0.717, 1.165) is 6.07 Å². The molecule has 0 spiro atoms. The Morgan fingerprint density at radius 2 is 2.00 bits per heavy atom. The Morgan fingerprint density at radius 1 is 1.43 bits per heavy atom. The first-order valence-corrected chi connectivity index (χ1v) is 4.99. The van der Waals surface area contributed by atoms with E-state index < -0.39 is 15.0 Å². The molecule has 1 rings (SSSR count). The second kappa shape index (κ2) is 5.25. The molecule has 0 aliphatic carbocycles. The van der Waals surface area contributed by atoms with Gasteiger partial charge < -0.3 is 1.43 Å². The summed E-state index contributed by atoms with van der Waals surface area (Å²) < 4.78 is 30.1. The van der Waals surface area contributed by atoms with Crippen molar-refractivity contribution < 1.29 is 48.7 Å². The second-order valence-electron chi connectivity index (χ2n) is 2.28. The van der Waals surface area contributed by atoms with Crippen LogP contribution in [0.1, 0.15) is 11.8 Å². The van der Waals surface area contributed by atoms with E-state index in [4.69, 9.17) is 16.2 Å². The maximum atomic E-state index is 10.7. The molecule has 0 bridgehead atoms. The fraction of sp³-hybridized carbons (Fsp3) is 0. The van der Waals surface area contributed by atoms with Gasteiger partial charge in [-0.3, -0.25) is 9.35 Å². The third-order valence-electron chi connectivity index (χ3n) is 1.38. The van der Waals surface area contributed by atoms with E-state index >= 15 is 0 Å². The van der Waals surface area contributed by atoms with Crippen molar-refractivity contribution in [3.05, 3.63) is 28.8 Å². The van der Waals surface area contributed by atoms with Crippen LogP contribution in [0.5, 0.6) is 0 Å². The summed E-state index contributed by atoms with van der Waals surface area (Å²) in [6, 6.07) is 3.60. The van der Waals surface area contributed by atoms with E-state index in [1.165, 1.54) is 12.1 Å². The number of carbonyl (C=O) groups is 1. The minimum absolute atomic E-state index is 0. The number of hydrogen-bond donors (Lipinski definition) is 1. The van der Waals surface area contributed by atoms with E-state index in [2.05, 4.69) is 0 Å². The van der Waals surface area contributed by atoms with Gasteiger partial charge in [-0.1, -0.05) is 11.6 Å². The standard InChI is InChI=1S/C7H5ClO4S.Na.H/c8-6-2-1-5(4-9)7(3-6)13(10,11)12;;/h1-4H,(H,10,11,12);;/q;+1;-1. The van der Waals surface area contributed by atoms with Crippen molar-refractivity contribution in [1.82, 2.24) is 0 Å². The van der Waals surface area contributed by atoms with Gasteiger partial charge in [0.25, 0.3) is 10.1 Å². The fourth-order valence-corrected chi connectivity index (χ4v) is 1.76. The van der Waals surface area contributed by atoms with Crippen molar-refractivity contribution in [1.29, 1.82) is 0 Å². The summed E-state index contributed by atoms with van der Waals surface area (Å²) in [4.78, 5) is 9.89. The Balaban J connectivity index is 0. The Labute approximate surface area is 110 Å². The molecule has 0 saturated carbocycles. The van der Waals surface area contributed by atoms with Gasteiger partial charge in [-0.15, -0.1) is 0 Å². The molecule has 0 radical (unpaired) electrons. The summed E-state index contributed by atoms with van der Waals surface area (Å²) in [5.41, 5.74) is -0.119. The minimum Gasteiger partial charge on any atom is -1.00 e. The number of halogens is 1. The van der Waals surface area contributed by atoms with Crippen molar-refractivity contribution in [2.24, 2.45) is 0 Å². The van der Waals surface area contributed by atoms with Crippen LogP contribution in [0.4, 0.5) is 0 Å². The van der Waals surface area contributed by atoms with Gasteiger partial charge in [0.05, 0.1) is 0 Å². The van der Waals surface area contributed by atoms with E-state index in [9.17, 15) is 13.2 Å². The number of hydrogen-bond acceptors (Lipinski definition) is 3. The summed E-state index contributed by atoms with van der Waals surface area (Å²) in [6.07, 6.45) is 0.333. The first kappa shape index (κ1) is 14.1. The van der Waals surface area contributed by atoms with E-state index in [1.807, 2.05) is 0 Å². The molecule has 0 aliphatic rings. The predicted molar refractivity (Wildman–Crippen MR) is 47.8 cm³/mol. The van der Waals surface area contributed by atoms with Crippen molar-refractivity contribution in [3.8, 4) is 0 Å². The van der Waals surface area contributed by atoms with Crippen LogP contribution in [-0.2, 0) is 10.1 Å². The number of benzene rings is 1. The van der Waals surface area contributed by atoms with Gasteiger partial charge in [-0.25, -0.2) is 0 Å². The van der Waals surface area contributed by atoms with E-state index in [-0.39, 0.29) is 41.6 Å². The number of aldehydes is 1. The summed E-state index contributed by atoms with van der Waals surface area (Å²) in [7, 11) is -4.38. The summed E-state index contributed by atoms with van der Waals surface area (Å²) in [5, 5.41) is 0.137. The third-order valence-corrected chi connectivity index (χ3v) is 2.52. The first-order chi connectivity index (χ1) is 5.95. The quantitative estimate of drug-likeness (QED) is 0.391. The summed E-state index contributed by atoms with van der Waals surface area (Å²) in [5.74, 6) is 0. The van der Waals surface area contributed by atoms with Crippen LogP contribution in [0.15, 0.2) is 23.1 Å². The molecule has 72 valence electrons. The molecule has 0 aliphatic heterocycles. The Hall–Kier alpha value is 0.0900. The molecule has 0 amide bonds. The zero-order chi connectivity index (χ0) is 10.1. The Bertz CT molecular complexity index is 448. The molecule has 7 heteroatoms. The zero-order valence-corrected chi connectivity index (χ0v) is 10.8. The van der Waals surface area contributed by atoms with Crippen LogP contribution in [0.3, 0.4) is 0 Å². The second-order valence-corrected chi connectivity index (χ2v) is 4.10. The summed E-state index contributed by atoms with van der Waals surface area (Å²) in [6.45, 7) is 0. The van der Waals surface area contributed by atoms with Gasteiger partial charge in [0.2, 0.25) is 0 Å². The molecule has 0 atom stereocenters. The molecule has 1 N–H and O–H groups in total. The van der Waals surface area contributed by atoms with Crippen LogP contribution in [0, 0.1) is 0 Å². The minimum atomic E-state index is -4.38. The molecular formula is C7H6ClNaO4S. The molecule has 0 unspecified atom stereocenters. The van der Waals surface area contributed by atoms with Crippen LogP contribution in [0.25, 0.3) is 0 Å². The average molecular weight is 245 g/mol. The van der Waals surface area contributed by atoms with Gasteiger partial charge in [0.15, 0.2) is 6.29 Å². The fourth-order valence-electron chi connectivity index (χ4n) is 0.829. The third kappa shape index (κ3) is 3.34. The van der Waals surface area contributed by atoms with Crippen molar-refractivity contribution in [2.45, 2.75) is 4.90 Å². The predicted octanol–water partition coefficient (Wildman–Crippen LogP) is -1.48. The van der Waals surface area contributed by atoms with E-state index in [0.29, 0.717) is 6.29 Å². The van der Waals surface area contributed by atoms with Crippen molar-refractivity contribution >= 4 is 28.0 Å². The molecular weight excluding hydrogens is 239 g/mol. The molecule has 0 fully saturated rings. The largest absolute Gasteiger partial charge is 1.00 e. The van der Waals surface area contributed by atoms with Crippen LogP contribution in [-0.4, -0.2) is 19.3 Å². The van der Waals surface area contributed by atoms with Gasteiger partial charge in [0, 0.05) is 10.6 Å². The number of carbonyl (C=O) groups excluding carboxylic acids is 1. The maximum absolute atomic E-state index is 10.7. The van der Waals surface area contributed by atoms with Gasteiger partial charge >= 0.3 is 29.6 Å². The molecule has 0 aromatic heterocycles. The van der Waals surface area contributed by atoms with Crippen LogP contribution in [0.2, 0.25) is 5.02 Å². The molecule has 0 saturated heterocycles. The topological polar surface area (TPSA) is 71.4 Å². The monoisotopic (exact) mass is 244 g/mol. The summed E-state index contributed by atoms with van der Waals surface area (Å²) >= 11 is 5.49. The van der Waals surface area contributed by atoms with Gasteiger partial charge in [-0.05, 0) is 18.2 Å². The van der Waals surface area contributed by atoms with Crippen LogP contribution < -0.4 is 29.6 Å².